The molecule has 1 unspecified atom stereocenters. The first-order valence-electron chi connectivity index (χ1n) is 14.2. The van der Waals surface area contributed by atoms with Crippen molar-refractivity contribution in [3.05, 3.63) is 52.7 Å². The molecule has 218 valence electrons. The van der Waals surface area contributed by atoms with Gasteiger partial charge >= 0.3 is 6.18 Å². The maximum Gasteiger partial charge on any atom is 0.419 e. The molecule has 0 spiro atoms. The van der Waals surface area contributed by atoms with Crippen LogP contribution in [0.4, 0.5) is 23.4 Å². The van der Waals surface area contributed by atoms with Crippen LogP contribution in [0.15, 0.2) is 24.5 Å². The molecular weight excluding hydrogens is 524 g/mol. The Morgan fingerprint density at radius 1 is 1.02 bits per heavy atom. The summed E-state index contributed by atoms with van der Waals surface area (Å²) in [5.74, 6) is -0.944. The molecule has 7 nitrogen and oxygen atoms in total. The van der Waals surface area contributed by atoms with Gasteiger partial charge in [0.1, 0.15) is 18.0 Å². The molecule has 0 N–H and O–H groups in total. The first kappa shape index (κ1) is 28.7. The van der Waals surface area contributed by atoms with Crippen LogP contribution in [0, 0.1) is 5.82 Å². The Hall–Kier alpha value is -2.79. The molecule has 0 radical (unpaired) electrons. The van der Waals surface area contributed by atoms with Gasteiger partial charge in [-0.3, -0.25) is 14.6 Å². The van der Waals surface area contributed by atoms with E-state index in [9.17, 15) is 22.4 Å². The second kappa shape index (κ2) is 11.6. The van der Waals surface area contributed by atoms with Crippen molar-refractivity contribution in [3.8, 4) is 0 Å². The van der Waals surface area contributed by atoms with E-state index in [-0.39, 0.29) is 11.5 Å². The number of carbonyl (C=O) groups excluding carboxylic acids is 1. The molecule has 0 bridgehead atoms. The molecule has 2 saturated heterocycles. The van der Waals surface area contributed by atoms with E-state index in [0.29, 0.717) is 44.7 Å². The molecule has 1 aromatic carbocycles. The molecule has 3 aliphatic rings. The lowest BCUT2D eigenvalue weighted by Crippen LogP contribution is -2.53. The molecule has 2 atom stereocenters. The Bertz CT molecular complexity index is 1210. The predicted octanol–water partition coefficient (Wildman–Crippen LogP) is 4.14. The van der Waals surface area contributed by atoms with Crippen LogP contribution in [0.25, 0.3) is 0 Å². The molecule has 2 aromatic rings. The molecule has 2 aliphatic heterocycles. The molecule has 0 saturated carbocycles. The topological polar surface area (TPSA) is 55.8 Å². The first-order chi connectivity index (χ1) is 19.0. The summed E-state index contributed by atoms with van der Waals surface area (Å²) in [6, 6.07) is 3.34. The second-order valence-corrected chi connectivity index (χ2v) is 11.5. The molecule has 1 aromatic heterocycles. The summed E-state index contributed by atoms with van der Waals surface area (Å²) < 4.78 is 54.4. The van der Waals surface area contributed by atoms with Crippen LogP contribution in [0.5, 0.6) is 0 Å². The first-order valence-corrected chi connectivity index (χ1v) is 14.2. The Kier molecular flexibility index (Phi) is 8.33. The highest BCUT2D eigenvalue weighted by molar-refractivity contribution is 5.84. The molecule has 5 rings (SSSR count). The van der Waals surface area contributed by atoms with Crippen molar-refractivity contribution in [2.75, 3.05) is 63.8 Å². The van der Waals surface area contributed by atoms with Gasteiger partial charge < -0.3 is 9.80 Å². The molecule has 3 heterocycles. The lowest BCUT2D eigenvalue weighted by molar-refractivity contribution is -0.140. The summed E-state index contributed by atoms with van der Waals surface area (Å²) in [6.45, 7) is 12.1. The van der Waals surface area contributed by atoms with Crippen LogP contribution in [-0.4, -0.2) is 95.5 Å². The third kappa shape index (κ3) is 5.95. The van der Waals surface area contributed by atoms with Gasteiger partial charge in [0.25, 0.3) is 0 Å². The second-order valence-electron chi connectivity index (χ2n) is 11.5. The highest BCUT2D eigenvalue weighted by Crippen LogP contribution is 2.37. The van der Waals surface area contributed by atoms with E-state index in [1.165, 1.54) is 11.6 Å². The Morgan fingerprint density at radius 3 is 2.35 bits per heavy atom. The molecule has 11 heteroatoms. The van der Waals surface area contributed by atoms with Gasteiger partial charge in [-0.05, 0) is 50.3 Å². The maximum absolute atomic E-state index is 14.6. The lowest BCUT2D eigenvalue weighted by atomic mass is 9.94. The summed E-state index contributed by atoms with van der Waals surface area (Å²) in [5.41, 5.74) is 1.26. The van der Waals surface area contributed by atoms with Crippen LogP contribution in [0.2, 0.25) is 0 Å². The van der Waals surface area contributed by atoms with Crippen molar-refractivity contribution < 1.29 is 22.4 Å². The van der Waals surface area contributed by atoms with Crippen LogP contribution in [0.3, 0.4) is 0 Å². The Morgan fingerprint density at radius 2 is 1.73 bits per heavy atom. The number of alkyl halides is 3. The number of aryl methyl sites for hydroxylation is 1. The van der Waals surface area contributed by atoms with Crippen molar-refractivity contribution in [2.45, 2.75) is 57.7 Å². The minimum atomic E-state index is -4.79. The minimum Gasteiger partial charge on any atom is -0.353 e. The number of amides is 1. The number of halogens is 4. The third-order valence-corrected chi connectivity index (χ3v) is 8.72. The molecule has 1 aliphatic carbocycles. The smallest absolute Gasteiger partial charge is 0.353 e. The number of anilines is 1. The third-order valence-electron chi connectivity index (χ3n) is 8.72. The summed E-state index contributed by atoms with van der Waals surface area (Å²) >= 11 is 0. The minimum absolute atomic E-state index is 0.175. The van der Waals surface area contributed by atoms with Crippen LogP contribution in [0.1, 0.15) is 61.4 Å². The average Bonchev–Trinajstić information content (AvgIpc) is 3.32. The van der Waals surface area contributed by atoms with E-state index in [4.69, 9.17) is 0 Å². The fourth-order valence-electron chi connectivity index (χ4n) is 6.26. The van der Waals surface area contributed by atoms with Gasteiger partial charge in [0, 0.05) is 76.2 Å². The van der Waals surface area contributed by atoms with Gasteiger partial charge in [0.2, 0.25) is 5.91 Å². The highest BCUT2D eigenvalue weighted by Gasteiger charge is 2.37. The fraction of sp³-hybridized carbons (Fsp3) is 0.621. The van der Waals surface area contributed by atoms with Gasteiger partial charge in [0.05, 0.1) is 11.5 Å². The van der Waals surface area contributed by atoms with Gasteiger partial charge in [0.15, 0.2) is 0 Å². The van der Waals surface area contributed by atoms with Crippen LogP contribution in [-0.2, 0) is 17.4 Å². The standard InChI is InChI=1S/C29H38F4N6O/c1-19(2)37-10-8-36(9-11-37)17-22(21-5-6-23(24(30)16-21)29(31,32)33)28(40)39-14-12-38(13-15-39)27-26-20(3)4-7-25(26)34-18-35-27/h5-6,16,18-20,22H,4,7-15,17H2,1-3H3/t20?,22-/m1/s1. The molecule has 1 amide bonds. The zero-order valence-corrected chi connectivity index (χ0v) is 23.4. The summed E-state index contributed by atoms with van der Waals surface area (Å²) in [4.78, 5) is 31.4. The van der Waals surface area contributed by atoms with Crippen LogP contribution >= 0.6 is 0 Å². The van der Waals surface area contributed by atoms with Crippen molar-refractivity contribution in [2.24, 2.45) is 0 Å². The Labute approximate surface area is 233 Å². The summed E-state index contributed by atoms with van der Waals surface area (Å²) in [5, 5.41) is 0. The van der Waals surface area contributed by atoms with E-state index >= 15 is 0 Å². The summed E-state index contributed by atoms with van der Waals surface area (Å²) in [7, 11) is 0. The zero-order valence-electron chi connectivity index (χ0n) is 23.4. The van der Waals surface area contributed by atoms with Gasteiger partial charge in [-0.1, -0.05) is 13.0 Å². The number of hydrogen-bond donors (Lipinski definition) is 0. The maximum atomic E-state index is 14.6. The van der Waals surface area contributed by atoms with Crippen LogP contribution < -0.4 is 4.90 Å². The van der Waals surface area contributed by atoms with Crippen molar-refractivity contribution in [1.29, 1.82) is 0 Å². The number of carbonyl (C=O) groups is 1. The molecular formula is C29H38F4N6O. The van der Waals surface area contributed by atoms with Gasteiger partial charge in [-0.15, -0.1) is 0 Å². The number of hydrogen-bond acceptors (Lipinski definition) is 6. The number of piperazine rings is 2. The number of rotatable bonds is 6. The Balaban J connectivity index is 1.33. The largest absolute Gasteiger partial charge is 0.419 e. The number of nitrogens with zero attached hydrogens (tertiary/aromatic N) is 6. The molecule has 2 fully saturated rings. The van der Waals surface area contributed by atoms with Crippen molar-refractivity contribution >= 4 is 11.7 Å². The van der Waals surface area contributed by atoms with E-state index in [0.717, 1.165) is 62.7 Å². The highest BCUT2D eigenvalue weighted by atomic mass is 19.4. The lowest BCUT2D eigenvalue weighted by Gasteiger charge is -2.40. The average molecular weight is 563 g/mol. The van der Waals surface area contributed by atoms with Crippen molar-refractivity contribution in [3.63, 3.8) is 0 Å². The molecule has 40 heavy (non-hydrogen) atoms. The fourth-order valence-corrected chi connectivity index (χ4v) is 6.26. The van der Waals surface area contributed by atoms with E-state index in [1.54, 1.807) is 11.2 Å². The summed E-state index contributed by atoms with van der Waals surface area (Å²) in [6.07, 6.45) is -1.18. The normalized spacial score (nSPS) is 21.6. The predicted molar refractivity (Wildman–Crippen MR) is 145 cm³/mol. The zero-order chi connectivity index (χ0) is 28.6. The number of fused-ring (bicyclic) bond motifs is 1. The quantitative estimate of drug-likeness (QED) is 0.494. The van der Waals surface area contributed by atoms with Gasteiger partial charge in [-0.25, -0.2) is 14.4 Å². The number of benzene rings is 1. The van der Waals surface area contributed by atoms with E-state index in [2.05, 4.69) is 45.4 Å². The number of aromatic nitrogens is 2. The monoisotopic (exact) mass is 562 g/mol. The SMILES string of the molecule is CC1CCc2ncnc(N3CCN(C(=O)[C@H](CN4CCN(C(C)C)CC4)c4ccc(C(F)(F)F)c(F)c4)CC3)c21. The van der Waals surface area contributed by atoms with E-state index < -0.39 is 23.5 Å². The van der Waals surface area contributed by atoms with Gasteiger partial charge in [-0.2, -0.15) is 13.2 Å². The van der Waals surface area contributed by atoms with Crippen molar-refractivity contribution in [1.82, 2.24) is 24.7 Å². The van der Waals surface area contributed by atoms with E-state index in [1.807, 2.05) is 0 Å².